The average molecular weight is 280 g/mol. The van der Waals surface area contributed by atoms with Crippen molar-refractivity contribution in [3.63, 3.8) is 0 Å². The van der Waals surface area contributed by atoms with Gasteiger partial charge in [-0.15, -0.1) is 11.3 Å². The Morgan fingerprint density at radius 1 is 1.37 bits per heavy atom. The fourth-order valence-electron chi connectivity index (χ4n) is 3.61. The predicted molar refractivity (Wildman–Crippen MR) is 75.7 cm³/mol. The van der Waals surface area contributed by atoms with Crippen molar-refractivity contribution in [3.8, 4) is 0 Å². The van der Waals surface area contributed by atoms with Gasteiger partial charge in [0, 0.05) is 11.4 Å². The highest BCUT2D eigenvalue weighted by molar-refractivity contribution is 7.13. The minimum absolute atomic E-state index is 0.383. The highest BCUT2D eigenvalue weighted by atomic mass is 32.1. The maximum absolute atomic E-state index is 11.6. The SMILES string of the molecule is Cc1csc(N2C(C(=O)O)CCC3CCCCC32)n1. The van der Waals surface area contributed by atoms with Crippen molar-refractivity contribution in [1.82, 2.24) is 4.98 Å². The maximum Gasteiger partial charge on any atom is 0.326 e. The smallest absolute Gasteiger partial charge is 0.326 e. The predicted octanol–water partition coefficient (Wildman–Crippen LogP) is 3.06. The second-order valence-electron chi connectivity index (χ2n) is 5.72. The lowest BCUT2D eigenvalue weighted by Crippen LogP contribution is -2.55. The van der Waals surface area contributed by atoms with Crippen molar-refractivity contribution in [3.05, 3.63) is 11.1 Å². The van der Waals surface area contributed by atoms with Crippen molar-refractivity contribution >= 4 is 22.4 Å². The quantitative estimate of drug-likeness (QED) is 0.904. The van der Waals surface area contributed by atoms with Crippen LogP contribution in [0.25, 0.3) is 0 Å². The molecule has 0 radical (unpaired) electrons. The van der Waals surface area contributed by atoms with Crippen LogP contribution in [-0.4, -0.2) is 28.1 Å². The van der Waals surface area contributed by atoms with E-state index in [1.54, 1.807) is 11.3 Å². The van der Waals surface area contributed by atoms with E-state index in [2.05, 4.69) is 9.88 Å². The molecule has 2 aliphatic rings. The van der Waals surface area contributed by atoms with Crippen LogP contribution in [0.15, 0.2) is 5.38 Å². The van der Waals surface area contributed by atoms with Gasteiger partial charge in [-0.25, -0.2) is 9.78 Å². The van der Waals surface area contributed by atoms with Gasteiger partial charge in [-0.1, -0.05) is 12.8 Å². The van der Waals surface area contributed by atoms with Gasteiger partial charge in [0.1, 0.15) is 6.04 Å². The van der Waals surface area contributed by atoms with Crippen molar-refractivity contribution in [2.75, 3.05) is 4.90 Å². The van der Waals surface area contributed by atoms with E-state index in [0.717, 1.165) is 30.1 Å². The van der Waals surface area contributed by atoms with Crippen LogP contribution in [-0.2, 0) is 4.79 Å². The van der Waals surface area contributed by atoms with Crippen LogP contribution in [0.4, 0.5) is 5.13 Å². The summed E-state index contributed by atoms with van der Waals surface area (Å²) < 4.78 is 0. The van der Waals surface area contributed by atoms with E-state index < -0.39 is 5.97 Å². The molecule has 1 aliphatic heterocycles. The largest absolute Gasteiger partial charge is 0.480 e. The van der Waals surface area contributed by atoms with Crippen molar-refractivity contribution in [2.24, 2.45) is 5.92 Å². The number of rotatable bonds is 2. The number of thiazole rings is 1. The van der Waals surface area contributed by atoms with E-state index in [1.165, 1.54) is 19.3 Å². The number of aryl methyl sites for hydroxylation is 1. The second kappa shape index (κ2) is 5.12. The van der Waals surface area contributed by atoms with Crippen LogP contribution >= 0.6 is 11.3 Å². The standard InChI is InChI=1S/C14H20N2O2S/c1-9-8-19-14(15-9)16-11-5-3-2-4-10(11)6-7-12(16)13(17)18/h8,10-12H,2-7H2,1H3,(H,17,18). The third-order valence-electron chi connectivity index (χ3n) is 4.49. The Hall–Kier alpha value is -1.10. The van der Waals surface area contributed by atoms with Gasteiger partial charge in [-0.05, 0) is 38.5 Å². The molecule has 3 atom stereocenters. The molecule has 0 spiro atoms. The molecule has 1 saturated carbocycles. The van der Waals surface area contributed by atoms with E-state index in [-0.39, 0.29) is 6.04 Å². The van der Waals surface area contributed by atoms with Crippen molar-refractivity contribution < 1.29 is 9.90 Å². The van der Waals surface area contributed by atoms with Gasteiger partial charge in [-0.2, -0.15) is 0 Å². The Balaban J connectivity index is 1.94. The molecule has 1 aromatic heterocycles. The summed E-state index contributed by atoms with van der Waals surface area (Å²) in [5.41, 5.74) is 0.988. The summed E-state index contributed by atoms with van der Waals surface area (Å²) in [5.74, 6) is -0.0366. The Kier molecular flexibility index (Phi) is 3.48. The van der Waals surface area contributed by atoms with Crippen molar-refractivity contribution in [2.45, 2.75) is 57.5 Å². The number of carboxylic acids is 1. The summed E-state index contributed by atoms with van der Waals surface area (Å²) in [7, 11) is 0. The number of fused-ring (bicyclic) bond motifs is 1. The van der Waals surface area contributed by atoms with Crippen LogP contribution in [0.2, 0.25) is 0 Å². The van der Waals surface area contributed by atoms with Gasteiger partial charge >= 0.3 is 5.97 Å². The summed E-state index contributed by atoms with van der Waals surface area (Å²) in [6, 6.07) is -0.000880. The first-order valence-electron chi connectivity index (χ1n) is 7.10. The molecule has 1 aromatic rings. The van der Waals surface area contributed by atoms with E-state index in [4.69, 9.17) is 0 Å². The molecular formula is C14H20N2O2S. The lowest BCUT2D eigenvalue weighted by Gasteiger charge is -2.47. The second-order valence-corrected chi connectivity index (χ2v) is 6.56. The minimum atomic E-state index is -0.697. The van der Waals surface area contributed by atoms with Gasteiger partial charge in [-0.3, -0.25) is 0 Å². The number of nitrogens with zero attached hydrogens (tertiary/aromatic N) is 2. The molecule has 19 heavy (non-hydrogen) atoms. The minimum Gasteiger partial charge on any atom is -0.480 e. The molecule has 0 bridgehead atoms. The van der Waals surface area contributed by atoms with E-state index in [0.29, 0.717) is 12.0 Å². The Labute approximate surface area is 117 Å². The number of carbonyl (C=O) groups is 1. The number of hydrogen-bond acceptors (Lipinski definition) is 4. The maximum atomic E-state index is 11.6. The van der Waals surface area contributed by atoms with E-state index >= 15 is 0 Å². The first-order valence-corrected chi connectivity index (χ1v) is 7.98. The lowest BCUT2D eigenvalue weighted by atomic mass is 9.76. The highest BCUT2D eigenvalue weighted by Crippen LogP contribution is 2.41. The number of anilines is 1. The molecule has 5 heteroatoms. The van der Waals surface area contributed by atoms with E-state index in [1.807, 2.05) is 12.3 Å². The first-order chi connectivity index (χ1) is 9.16. The Bertz CT molecular complexity index is 474. The highest BCUT2D eigenvalue weighted by Gasteiger charge is 2.42. The van der Waals surface area contributed by atoms with Gasteiger partial charge in [0.15, 0.2) is 5.13 Å². The fourth-order valence-corrected chi connectivity index (χ4v) is 4.52. The topological polar surface area (TPSA) is 53.4 Å². The van der Waals surface area contributed by atoms with Crippen molar-refractivity contribution in [1.29, 1.82) is 0 Å². The number of aliphatic carboxylic acids is 1. The number of carboxylic acid groups (broad SMARTS) is 1. The van der Waals surface area contributed by atoms with Crippen LogP contribution in [0.1, 0.15) is 44.2 Å². The van der Waals surface area contributed by atoms with Crippen LogP contribution in [0.5, 0.6) is 0 Å². The third kappa shape index (κ3) is 2.36. The zero-order chi connectivity index (χ0) is 13.4. The van der Waals surface area contributed by atoms with Crippen LogP contribution in [0.3, 0.4) is 0 Å². The van der Waals surface area contributed by atoms with Gasteiger partial charge in [0.2, 0.25) is 0 Å². The number of aromatic nitrogens is 1. The fraction of sp³-hybridized carbons (Fsp3) is 0.714. The molecule has 3 rings (SSSR count). The molecule has 0 amide bonds. The molecule has 0 aromatic carbocycles. The average Bonchev–Trinajstić information content (AvgIpc) is 2.83. The van der Waals surface area contributed by atoms with Gasteiger partial charge in [0.05, 0.1) is 5.69 Å². The molecule has 4 nitrogen and oxygen atoms in total. The molecule has 104 valence electrons. The Morgan fingerprint density at radius 3 is 2.84 bits per heavy atom. The zero-order valence-electron chi connectivity index (χ0n) is 11.2. The number of piperidine rings is 1. The number of hydrogen-bond donors (Lipinski definition) is 1. The molecule has 1 aliphatic carbocycles. The lowest BCUT2D eigenvalue weighted by molar-refractivity contribution is -0.139. The summed E-state index contributed by atoms with van der Waals surface area (Å²) in [5, 5.41) is 12.4. The molecule has 1 N–H and O–H groups in total. The molecule has 2 fully saturated rings. The van der Waals surface area contributed by atoms with Gasteiger partial charge in [0.25, 0.3) is 0 Å². The molecule has 3 unspecified atom stereocenters. The van der Waals surface area contributed by atoms with Crippen LogP contribution in [0, 0.1) is 12.8 Å². The summed E-state index contributed by atoms with van der Waals surface area (Å²) >= 11 is 1.58. The molecule has 2 heterocycles. The van der Waals surface area contributed by atoms with E-state index in [9.17, 15) is 9.90 Å². The van der Waals surface area contributed by atoms with Crippen LogP contribution < -0.4 is 4.90 Å². The Morgan fingerprint density at radius 2 is 2.16 bits per heavy atom. The summed E-state index contributed by atoms with van der Waals surface area (Å²) in [6.07, 6.45) is 6.70. The monoisotopic (exact) mass is 280 g/mol. The normalized spacial score (nSPS) is 31.0. The summed E-state index contributed by atoms with van der Waals surface area (Å²) in [4.78, 5) is 18.2. The third-order valence-corrected chi connectivity index (χ3v) is 5.46. The zero-order valence-corrected chi connectivity index (χ0v) is 12.0. The molecular weight excluding hydrogens is 260 g/mol. The first kappa shape index (κ1) is 12.9. The van der Waals surface area contributed by atoms with Gasteiger partial charge < -0.3 is 10.0 Å². The summed E-state index contributed by atoms with van der Waals surface area (Å²) in [6.45, 7) is 1.97. The molecule has 1 saturated heterocycles.